The molecule has 3 heterocycles. The molecule has 3 N–H and O–H groups in total. The molecule has 0 radical (unpaired) electrons. The highest BCUT2D eigenvalue weighted by molar-refractivity contribution is 7.99. The first-order valence-electron chi connectivity index (χ1n) is 10.5. The number of benzene rings is 1. The van der Waals surface area contributed by atoms with Crippen LogP contribution in [0.5, 0.6) is 5.75 Å². The van der Waals surface area contributed by atoms with Gasteiger partial charge in [0.25, 0.3) is 5.56 Å². The fourth-order valence-electron chi connectivity index (χ4n) is 3.12. The number of ether oxygens (including phenoxy) is 1. The maximum absolute atomic E-state index is 12.5. The summed E-state index contributed by atoms with van der Waals surface area (Å²) >= 11 is 2.54. The molecule has 0 bridgehead atoms. The van der Waals surface area contributed by atoms with E-state index in [9.17, 15) is 18.0 Å². The Bertz CT molecular complexity index is 1400. The van der Waals surface area contributed by atoms with E-state index in [4.69, 9.17) is 4.74 Å². The van der Waals surface area contributed by atoms with Gasteiger partial charge in [0, 0.05) is 12.3 Å². The smallest absolute Gasteiger partial charge is 0.451 e. The molecule has 13 heteroatoms. The molecular weight excluding hydrogens is 501 g/mol. The van der Waals surface area contributed by atoms with Crippen LogP contribution in [0, 0.1) is 6.92 Å². The number of aryl methyl sites for hydroxylation is 1. The monoisotopic (exact) mass is 522 g/mol. The Hall–Kier alpha value is -3.32. The zero-order valence-corrected chi connectivity index (χ0v) is 20.2. The quantitative estimate of drug-likeness (QED) is 0.204. The fourth-order valence-corrected chi connectivity index (χ4v) is 4.75. The minimum Gasteiger partial charge on any atom is -0.494 e. The number of alkyl halides is 3. The van der Waals surface area contributed by atoms with Gasteiger partial charge in [-0.15, -0.1) is 16.4 Å². The van der Waals surface area contributed by atoms with Crippen LogP contribution in [-0.2, 0) is 12.7 Å². The van der Waals surface area contributed by atoms with E-state index >= 15 is 0 Å². The first-order chi connectivity index (χ1) is 16.7. The third-order valence-corrected chi connectivity index (χ3v) is 6.76. The number of thioether (sulfide) groups is 1. The second-order valence-electron chi connectivity index (χ2n) is 7.51. The highest BCUT2D eigenvalue weighted by Crippen LogP contribution is 2.27. The molecule has 0 aliphatic carbocycles. The van der Waals surface area contributed by atoms with E-state index in [0.29, 0.717) is 52.8 Å². The second-order valence-corrected chi connectivity index (χ2v) is 9.43. The lowest BCUT2D eigenvalue weighted by Gasteiger charge is -2.11. The van der Waals surface area contributed by atoms with Crippen LogP contribution in [0.1, 0.15) is 29.2 Å². The predicted octanol–water partition coefficient (Wildman–Crippen LogP) is 4.75. The molecule has 4 rings (SSSR count). The molecule has 0 atom stereocenters. The summed E-state index contributed by atoms with van der Waals surface area (Å²) in [5.41, 5.74) is 2.14. The van der Waals surface area contributed by atoms with Gasteiger partial charge in [-0.05, 0) is 42.0 Å². The van der Waals surface area contributed by atoms with Gasteiger partial charge in [0.05, 0.1) is 17.7 Å². The van der Waals surface area contributed by atoms with Crippen LogP contribution in [0.25, 0.3) is 15.9 Å². The van der Waals surface area contributed by atoms with Crippen molar-refractivity contribution in [3.63, 3.8) is 0 Å². The lowest BCUT2D eigenvalue weighted by atomic mass is 10.2. The van der Waals surface area contributed by atoms with Gasteiger partial charge in [-0.3, -0.25) is 9.89 Å². The van der Waals surface area contributed by atoms with Gasteiger partial charge in [-0.2, -0.15) is 18.2 Å². The van der Waals surface area contributed by atoms with Gasteiger partial charge in [0.15, 0.2) is 5.82 Å². The van der Waals surface area contributed by atoms with E-state index in [0.717, 1.165) is 22.9 Å². The molecule has 184 valence electrons. The summed E-state index contributed by atoms with van der Waals surface area (Å²) in [5, 5.41) is 11.2. The number of rotatable bonds is 10. The van der Waals surface area contributed by atoms with Crippen LogP contribution in [-0.4, -0.2) is 37.5 Å². The Labute approximate surface area is 206 Å². The standard InChI is InChI=1S/C22H21F3N6O2S2/c1-12-11-35-19-16(12)18(32)27-17(28-19)13(2)26-10-14-5-3-6-15(9-14)33-7-4-8-34-21-29-20(30-31-21)22(23,24)25/h3,5-6,9,11,26H,2,4,7-8,10H2,1H3,(H,27,28,32)(H,29,30,31). The predicted molar refractivity (Wildman–Crippen MR) is 130 cm³/mol. The van der Waals surface area contributed by atoms with Crippen molar-refractivity contribution in [3.8, 4) is 5.75 Å². The summed E-state index contributed by atoms with van der Waals surface area (Å²) < 4.78 is 43.4. The zero-order valence-electron chi connectivity index (χ0n) is 18.5. The minimum absolute atomic E-state index is 0.0508. The molecule has 3 aromatic heterocycles. The molecule has 35 heavy (non-hydrogen) atoms. The first kappa shape index (κ1) is 24.8. The van der Waals surface area contributed by atoms with E-state index in [1.807, 2.05) is 41.7 Å². The number of nitrogens with one attached hydrogen (secondary N) is 3. The van der Waals surface area contributed by atoms with Crippen LogP contribution in [0.3, 0.4) is 0 Å². The fraction of sp³-hybridized carbons (Fsp3) is 0.273. The molecule has 0 aliphatic heterocycles. The van der Waals surface area contributed by atoms with Crippen molar-refractivity contribution >= 4 is 39.0 Å². The number of halogens is 3. The average Bonchev–Trinajstić information content (AvgIpc) is 3.45. The number of fused-ring (bicyclic) bond motifs is 1. The molecule has 4 aromatic rings. The molecule has 8 nitrogen and oxygen atoms in total. The minimum atomic E-state index is -4.54. The number of thiophene rings is 1. The molecular formula is C22H21F3N6O2S2. The molecule has 0 saturated heterocycles. The third-order valence-electron chi connectivity index (χ3n) is 4.84. The lowest BCUT2D eigenvalue weighted by Crippen LogP contribution is -2.17. The Morgan fingerprint density at radius 2 is 2.14 bits per heavy atom. The molecule has 0 aliphatic rings. The highest BCUT2D eigenvalue weighted by Gasteiger charge is 2.35. The summed E-state index contributed by atoms with van der Waals surface area (Å²) in [6.07, 6.45) is -3.94. The molecule has 0 spiro atoms. The van der Waals surface area contributed by atoms with Gasteiger partial charge in [0.2, 0.25) is 11.0 Å². The van der Waals surface area contributed by atoms with Crippen molar-refractivity contribution < 1.29 is 17.9 Å². The topological polar surface area (TPSA) is 109 Å². The van der Waals surface area contributed by atoms with Crippen molar-refractivity contribution in [2.45, 2.75) is 31.2 Å². The molecule has 0 amide bonds. The van der Waals surface area contributed by atoms with Gasteiger partial charge in [-0.1, -0.05) is 30.5 Å². The number of aromatic amines is 2. The van der Waals surface area contributed by atoms with E-state index in [1.165, 1.54) is 11.3 Å². The number of hydrogen-bond donors (Lipinski definition) is 3. The number of hydrogen-bond acceptors (Lipinski definition) is 8. The van der Waals surface area contributed by atoms with E-state index in [1.54, 1.807) is 0 Å². The zero-order chi connectivity index (χ0) is 25.0. The van der Waals surface area contributed by atoms with E-state index in [-0.39, 0.29) is 10.7 Å². The maximum atomic E-state index is 12.5. The van der Waals surface area contributed by atoms with Gasteiger partial charge >= 0.3 is 6.18 Å². The summed E-state index contributed by atoms with van der Waals surface area (Å²) in [6.45, 7) is 6.69. The number of nitrogens with zero attached hydrogens (tertiary/aromatic N) is 3. The van der Waals surface area contributed by atoms with Crippen molar-refractivity contribution in [2.24, 2.45) is 0 Å². The van der Waals surface area contributed by atoms with Gasteiger partial charge < -0.3 is 15.0 Å². The number of aromatic nitrogens is 5. The van der Waals surface area contributed by atoms with Crippen molar-refractivity contribution in [1.29, 1.82) is 0 Å². The summed E-state index contributed by atoms with van der Waals surface area (Å²) in [6, 6.07) is 7.48. The van der Waals surface area contributed by atoms with E-state index < -0.39 is 12.0 Å². The molecule has 1 aromatic carbocycles. The average molecular weight is 523 g/mol. The first-order valence-corrected chi connectivity index (χ1v) is 12.3. The van der Waals surface area contributed by atoms with Crippen LogP contribution in [0.4, 0.5) is 13.2 Å². The van der Waals surface area contributed by atoms with Crippen LogP contribution in [0.15, 0.2) is 46.2 Å². The Balaban J connectivity index is 1.24. The van der Waals surface area contributed by atoms with Crippen LogP contribution >= 0.6 is 23.1 Å². The van der Waals surface area contributed by atoms with Gasteiger partial charge in [0.1, 0.15) is 10.6 Å². The number of H-pyrrole nitrogens is 2. The summed E-state index contributed by atoms with van der Waals surface area (Å²) in [7, 11) is 0. The SMILES string of the molecule is C=C(NCc1cccc(OCCCSc2n[nH]c(C(F)(F)F)n2)c1)c1nc2scc(C)c2c(=O)[nH]1. The lowest BCUT2D eigenvalue weighted by molar-refractivity contribution is -0.144. The molecule has 0 saturated carbocycles. The van der Waals surface area contributed by atoms with Crippen molar-refractivity contribution in [1.82, 2.24) is 30.5 Å². The highest BCUT2D eigenvalue weighted by atomic mass is 32.2. The largest absolute Gasteiger partial charge is 0.494 e. The van der Waals surface area contributed by atoms with Crippen LogP contribution in [0.2, 0.25) is 0 Å². The Kier molecular flexibility index (Phi) is 7.45. The Morgan fingerprint density at radius 3 is 2.91 bits per heavy atom. The summed E-state index contributed by atoms with van der Waals surface area (Å²) in [5.74, 6) is 0.464. The Morgan fingerprint density at radius 1 is 1.31 bits per heavy atom. The molecule has 0 unspecified atom stereocenters. The van der Waals surface area contributed by atoms with E-state index in [2.05, 4.69) is 31.9 Å². The maximum Gasteiger partial charge on any atom is 0.451 e. The van der Waals surface area contributed by atoms with Crippen molar-refractivity contribution in [2.75, 3.05) is 12.4 Å². The third kappa shape index (κ3) is 6.22. The van der Waals surface area contributed by atoms with Crippen molar-refractivity contribution in [3.05, 3.63) is 69.4 Å². The summed E-state index contributed by atoms with van der Waals surface area (Å²) in [4.78, 5) is 23.7. The molecule has 0 fully saturated rings. The van der Waals surface area contributed by atoms with Crippen LogP contribution < -0.4 is 15.6 Å². The normalized spacial score (nSPS) is 11.7. The van der Waals surface area contributed by atoms with Gasteiger partial charge in [-0.25, -0.2) is 4.98 Å². The second kappa shape index (κ2) is 10.5.